The maximum Gasteiger partial charge on any atom is 0.262 e. The molecule has 6 heteroatoms. The average Bonchev–Trinajstić information content (AvgIpc) is 3.23. The number of carbonyl (C=O) groups excluding carboxylic acids is 1. The number of ether oxygens (including phenoxy) is 1. The van der Waals surface area contributed by atoms with Gasteiger partial charge in [-0.05, 0) is 30.7 Å². The number of anilines is 1. The van der Waals surface area contributed by atoms with Crippen LogP contribution in [0.4, 0.5) is 5.69 Å². The molecule has 4 rings (SSSR count). The van der Waals surface area contributed by atoms with E-state index in [1.165, 1.54) is 0 Å². The van der Waals surface area contributed by atoms with E-state index in [0.717, 1.165) is 33.2 Å². The van der Waals surface area contributed by atoms with E-state index in [-0.39, 0.29) is 12.5 Å². The lowest BCUT2D eigenvalue weighted by molar-refractivity contribution is -0.118. The molecule has 0 aliphatic carbocycles. The molecule has 4 aromatic rings. The lowest BCUT2D eigenvalue weighted by Gasteiger charge is -2.10. The summed E-state index contributed by atoms with van der Waals surface area (Å²) in [6.45, 7) is 1.92. The van der Waals surface area contributed by atoms with Gasteiger partial charge in [0.05, 0.1) is 5.69 Å². The van der Waals surface area contributed by atoms with Crippen molar-refractivity contribution in [3.05, 3.63) is 71.9 Å². The molecular formula is C20H17N3O2S. The van der Waals surface area contributed by atoms with Crippen molar-refractivity contribution in [3.8, 4) is 17.0 Å². The number of benzene rings is 2. The Labute approximate surface area is 154 Å². The number of aryl methyl sites for hydroxylation is 1. The van der Waals surface area contributed by atoms with Crippen molar-refractivity contribution in [2.45, 2.75) is 6.92 Å². The number of rotatable bonds is 5. The molecule has 0 aliphatic heterocycles. The standard InChI is InChI=1S/C20H17N3O2S/c1-14-5-2-3-8-18(14)25-13-19(24)21-16-7-4-6-15(11-16)17-12-23-9-10-26-20(23)22-17/h2-12H,13H2,1H3,(H,21,24). The summed E-state index contributed by atoms with van der Waals surface area (Å²) in [5.74, 6) is 0.519. The molecule has 1 amide bonds. The Hall–Kier alpha value is -3.12. The highest BCUT2D eigenvalue weighted by Gasteiger charge is 2.08. The zero-order valence-corrected chi connectivity index (χ0v) is 15.0. The molecule has 26 heavy (non-hydrogen) atoms. The predicted molar refractivity (Wildman–Crippen MR) is 104 cm³/mol. The number of hydrogen-bond donors (Lipinski definition) is 1. The highest BCUT2D eigenvalue weighted by molar-refractivity contribution is 7.15. The van der Waals surface area contributed by atoms with E-state index in [4.69, 9.17) is 4.74 Å². The number of para-hydroxylation sites is 1. The van der Waals surface area contributed by atoms with Crippen molar-refractivity contribution < 1.29 is 9.53 Å². The van der Waals surface area contributed by atoms with Gasteiger partial charge in [-0.2, -0.15) is 0 Å². The second kappa shape index (κ2) is 7.01. The highest BCUT2D eigenvalue weighted by Crippen LogP contribution is 2.24. The first-order valence-electron chi connectivity index (χ1n) is 8.20. The first kappa shape index (κ1) is 16.4. The smallest absolute Gasteiger partial charge is 0.262 e. The Morgan fingerprint density at radius 2 is 2.12 bits per heavy atom. The van der Waals surface area contributed by atoms with Crippen LogP contribution < -0.4 is 10.1 Å². The van der Waals surface area contributed by atoms with Crippen LogP contribution >= 0.6 is 11.3 Å². The minimum atomic E-state index is -0.198. The summed E-state index contributed by atoms with van der Waals surface area (Å²) in [4.78, 5) is 17.7. The second-order valence-electron chi connectivity index (χ2n) is 5.90. The molecule has 0 bridgehead atoms. The molecule has 0 radical (unpaired) electrons. The van der Waals surface area contributed by atoms with Crippen LogP contribution in [0.15, 0.2) is 66.3 Å². The van der Waals surface area contributed by atoms with Crippen LogP contribution in [0.25, 0.3) is 16.2 Å². The van der Waals surface area contributed by atoms with Gasteiger partial charge in [-0.25, -0.2) is 4.98 Å². The van der Waals surface area contributed by atoms with Crippen molar-refractivity contribution in [1.82, 2.24) is 9.38 Å². The molecule has 0 aliphatic rings. The van der Waals surface area contributed by atoms with Gasteiger partial charge in [0.2, 0.25) is 0 Å². The maximum atomic E-state index is 12.2. The summed E-state index contributed by atoms with van der Waals surface area (Å²) in [5, 5.41) is 4.87. The third kappa shape index (κ3) is 3.45. The third-order valence-electron chi connectivity index (χ3n) is 3.99. The molecule has 0 unspecified atom stereocenters. The molecule has 2 aromatic heterocycles. The summed E-state index contributed by atoms with van der Waals surface area (Å²) in [5.41, 5.74) is 3.56. The summed E-state index contributed by atoms with van der Waals surface area (Å²) < 4.78 is 7.58. The Balaban J connectivity index is 1.44. The fourth-order valence-corrected chi connectivity index (χ4v) is 3.38. The van der Waals surface area contributed by atoms with Crippen LogP contribution in [0.2, 0.25) is 0 Å². The van der Waals surface area contributed by atoms with Crippen molar-refractivity contribution in [2.75, 3.05) is 11.9 Å². The van der Waals surface area contributed by atoms with Crippen molar-refractivity contribution in [1.29, 1.82) is 0 Å². The van der Waals surface area contributed by atoms with Gasteiger partial charge in [-0.15, -0.1) is 11.3 Å². The number of imidazole rings is 1. The van der Waals surface area contributed by atoms with Crippen LogP contribution in [0.1, 0.15) is 5.56 Å². The van der Waals surface area contributed by atoms with Gasteiger partial charge in [0, 0.05) is 29.0 Å². The highest BCUT2D eigenvalue weighted by atomic mass is 32.1. The number of fused-ring (bicyclic) bond motifs is 1. The van der Waals surface area contributed by atoms with Crippen LogP contribution in [0.3, 0.4) is 0 Å². The van der Waals surface area contributed by atoms with Crippen molar-refractivity contribution in [2.24, 2.45) is 0 Å². The van der Waals surface area contributed by atoms with Crippen LogP contribution in [0, 0.1) is 6.92 Å². The molecule has 2 heterocycles. The lowest BCUT2D eigenvalue weighted by Crippen LogP contribution is -2.20. The van der Waals surface area contributed by atoms with Crippen LogP contribution in [-0.2, 0) is 4.79 Å². The number of amides is 1. The molecule has 0 saturated heterocycles. The number of aromatic nitrogens is 2. The van der Waals surface area contributed by atoms with Gasteiger partial charge in [0.15, 0.2) is 11.6 Å². The maximum absolute atomic E-state index is 12.2. The van der Waals surface area contributed by atoms with Crippen LogP contribution in [-0.4, -0.2) is 21.9 Å². The van der Waals surface area contributed by atoms with Gasteiger partial charge in [0.25, 0.3) is 5.91 Å². The third-order valence-corrected chi connectivity index (χ3v) is 4.76. The normalized spacial score (nSPS) is 10.8. The zero-order chi connectivity index (χ0) is 17.9. The molecule has 130 valence electrons. The van der Waals surface area contributed by atoms with Gasteiger partial charge < -0.3 is 10.1 Å². The Kier molecular flexibility index (Phi) is 4.41. The van der Waals surface area contributed by atoms with E-state index in [2.05, 4.69) is 10.3 Å². The van der Waals surface area contributed by atoms with Crippen molar-refractivity contribution in [3.63, 3.8) is 0 Å². The fourth-order valence-electron chi connectivity index (χ4n) is 2.68. The van der Waals surface area contributed by atoms with Gasteiger partial charge in [0.1, 0.15) is 5.75 Å². The first-order chi connectivity index (χ1) is 12.7. The van der Waals surface area contributed by atoms with Crippen molar-refractivity contribution >= 4 is 27.9 Å². The number of thiazole rings is 1. The molecule has 0 fully saturated rings. The fraction of sp³-hybridized carbons (Fsp3) is 0.100. The van der Waals surface area contributed by atoms with E-state index in [1.807, 2.05) is 77.6 Å². The molecular weight excluding hydrogens is 346 g/mol. The Morgan fingerprint density at radius 1 is 1.23 bits per heavy atom. The predicted octanol–water partition coefficient (Wildman–Crippen LogP) is 4.39. The second-order valence-corrected chi connectivity index (χ2v) is 6.78. The largest absolute Gasteiger partial charge is 0.483 e. The van der Waals surface area contributed by atoms with E-state index in [0.29, 0.717) is 0 Å². The van der Waals surface area contributed by atoms with E-state index in [1.54, 1.807) is 11.3 Å². The molecule has 5 nitrogen and oxygen atoms in total. The number of nitrogens with zero attached hydrogens (tertiary/aromatic N) is 2. The summed E-state index contributed by atoms with van der Waals surface area (Å²) in [6.07, 6.45) is 3.96. The Bertz CT molecular complexity index is 1040. The van der Waals surface area contributed by atoms with Crippen LogP contribution in [0.5, 0.6) is 5.75 Å². The number of carbonyl (C=O) groups is 1. The van der Waals surface area contributed by atoms with Gasteiger partial charge in [-0.1, -0.05) is 30.3 Å². The Morgan fingerprint density at radius 3 is 2.96 bits per heavy atom. The lowest BCUT2D eigenvalue weighted by atomic mass is 10.1. The van der Waals surface area contributed by atoms with E-state index < -0.39 is 0 Å². The van der Waals surface area contributed by atoms with E-state index in [9.17, 15) is 4.79 Å². The average molecular weight is 363 g/mol. The minimum absolute atomic E-state index is 0.0324. The SMILES string of the molecule is Cc1ccccc1OCC(=O)Nc1cccc(-c2cn3ccsc3n2)c1. The monoisotopic (exact) mass is 363 g/mol. The van der Waals surface area contributed by atoms with E-state index >= 15 is 0 Å². The molecule has 0 spiro atoms. The summed E-state index contributed by atoms with van der Waals surface area (Å²) in [6, 6.07) is 15.3. The quantitative estimate of drug-likeness (QED) is 0.572. The molecule has 1 N–H and O–H groups in total. The zero-order valence-electron chi connectivity index (χ0n) is 14.2. The first-order valence-corrected chi connectivity index (χ1v) is 9.08. The molecule has 2 aromatic carbocycles. The van der Waals surface area contributed by atoms with Gasteiger partial charge >= 0.3 is 0 Å². The summed E-state index contributed by atoms with van der Waals surface area (Å²) in [7, 11) is 0. The molecule has 0 atom stereocenters. The molecule has 0 saturated carbocycles. The minimum Gasteiger partial charge on any atom is -0.483 e. The number of nitrogens with one attached hydrogen (secondary N) is 1. The number of hydrogen-bond acceptors (Lipinski definition) is 4. The topological polar surface area (TPSA) is 55.6 Å². The van der Waals surface area contributed by atoms with Gasteiger partial charge in [-0.3, -0.25) is 9.20 Å². The summed E-state index contributed by atoms with van der Waals surface area (Å²) >= 11 is 1.59.